The number of carbonyl (C=O) groups is 1. The molecule has 1 aliphatic carbocycles. The van der Waals surface area contributed by atoms with Gasteiger partial charge in [0.05, 0.1) is 6.61 Å². The first-order valence-corrected chi connectivity index (χ1v) is 5.56. The van der Waals surface area contributed by atoms with E-state index in [1.54, 1.807) is 0 Å². The molecule has 0 amide bonds. The quantitative estimate of drug-likeness (QED) is 0.729. The molecule has 88 valence electrons. The Balaban J connectivity index is 2.17. The summed E-state index contributed by atoms with van der Waals surface area (Å²) in [6, 6.07) is 0. The van der Waals surface area contributed by atoms with Crippen LogP contribution in [0.25, 0.3) is 0 Å². The molecule has 0 aliphatic heterocycles. The van der Waals surface area contributed by atoms with Crippen molar-refractivity contribution >= 4 is 5.97 Å². The average molecular weight is 216 g/mol. The first-order valence-electron chi connectivity index (χ1n) is 5.56. The van der Waals surface area contributed by atoms with Gasteiger partial charge in [-0.3, -0.25) is 0 Å². The number of aliphatic carboxylic acids is 1. The van der Waals surface area contributed by atoms with Crippen molar-refractivity contribution in [2.45, 2.75) is 44.6 Å². The predicted molar refractivity (Wildman–Crippen MR) is 55.7 cm³/mol. The summed E-state index contributed by atoms with van der Waals surface area (Å²) in [7, 11) is 0. The van der Waals surface area contributed by atoms with Gasteiger partial charge >= 0.3 is 5.97 Å². The van der Waals surface area contributed by atoms with Crippen molar-refractivity contribution < 1.29 is 19.7 Å². The van der Waals surface area contributed by atoms with Crippen LogP contribution in [0.4, 0.5) is 0 Å². The van der Waals surface area contributed by atoms with E-state index in [1.165, 1.54) is 26.2 Å². The monoisotopic (exact) mass is 216 g/mol. The Labute approximate surface area is 90.2 Å². The van der Waals surface area contributed by atoms with Gasteiger partial charge in [-0.05, 0) is 25.7 Å². The fourth-order valence-electron chi connectivity index (χ4n) is 1.84. The van der Waals surface area contributed by atoms with E-state index in [0.717, 1.165) is 12.8 Å². The zero-order valence-corrected chi connectivity index (χ0v) is 9.24. The molecule has 1 rings (SSSR count). The second-order valence-corrected chi connectivity index (χ2v) is 4.60. The molecule has 1 unspecified atom stereocenters. The van der Waals surface area contributed by atoms with Crippen molar-refractivity contribution in [2.75, 3.05) is 13.2 Å². The third-order valence-electron chi connectivity index (χ3n) is 2.92. The molecule has 0 aromatic heterocycles. The lowest BCUT2D eigenvalue weighted by atomic mass is 9.90. The second-order valence-electron chi connectivity index (χ2n) is 4.60. The lowest BCUT2D eigenvalue weighted by Crippen LogP contribution is -2.40. The molecule has 0 aromatic rings. The molecule has 4 nitrogen and oxygen atoms in total. The van der Waals surface area contributed by atoms with Crippen LogP contribution in [-0.4, -0.2) is 35.0 Å². The van der Waals surface area contributed by atoms with Gasteiger partial charge in [-0.2, -0.15) is 0 Å². The molecule has 15 heavy (non-hydrogen) atoms. The van der Waals surface area contributed by atoms with Crippen LogP contribution in [0, 0.1) is 5.92 Å². The maximum Gasteiger partial charge on any atom is 0.337 e. The molecule has 0 spiro atoms. The van der Waals surface area contributed by atoms with Gasteiger partial charge < -0.3 is 14.9 Å². The van der Waals surface area contributed by atoms with E-state index in [9.17, 15) is 9.90 Å². The van der Waals surface area contributed by atoms with Crippen LogP contribution in [0.2, 0.25) is 0 Å². The summed E-state index contributed by atoms with van der Waals surface area (Å²) in [4.78, 5) is 10.6. The number of hydrogen-bond donors (Lipinski definition) is 2. The SMILES string of the molecule is CC(O)(COCC1CCCCC1)C(=O)O. The van der Waals surface area contributed by atoms with Crippen LogP contribution in [0.1, 0.15) is 39.0 Å². The Hall–Kier alpha value is -0.610. The number of carboxylic acids is 1. The van der Waals surface area contributed by atoms with E-state index in [1.807, 2.05) is 0 Å². The van der Waals surface area contributed by atoms with Gasteiger partial charge in [0.25, 0.3) is 0 Å². The van der Waals surface area contributed by atoms with Crippen molar-refractivity contribution in [3.63, 3.8) is 0 Å². The Morgan fingerprint density at radius 1 is 1.40 bits per heavy atom. The maximum absolute atomic E-state index is 10.6. The van der Waals surface area contributed by atoms with Crippen LogP contribution < -0.4 is 0 Å². The fourth-order valence-corrected chi connectivity index (χ4v) is 1.84. The van der Waals surface area contributed by atoms with Crippen molar-refractivity contribution in [3.8, 4) is 0 Å². The van der Waals surface area contributed by atoms with Crippen LogP contribution in [0.3, 0.4) is 0 Å². The lowest BCUT2D eigenvalue weighted by molar-refractivity contribution is -0.163. The van der Waals surface area contributed by atoms with Crippen molar-refractivity contribution in [1.82, 2.24) is 0 Å². The number of ether oxygens (including phenoxy) is 1. The standard InChI is InChI=1S/C11H20O4/c1-11(14,10(12)13)8-15-7-9-5-3-2-4-6-9/h9,14H,2-8H2,1H3,(H,12,13). The number of carboxylic acid groups (broad SMARTS) is 1. The lowest BCUT2D eigenvalue weighted by Gasteiger charge is -2.23. The normalized spacial score (nSPS) is 22.3. The fraction of sp³-hybridized carbons (Fsp3) is 0.909. The molecule has 4 heteroatoms. The van der Waals surface area contributed by atoms with Crippen LogP contribution in [0.15, 0.2) is 0 Å². The number of aliphatic hydroxyl groups is 1. The molecule has 2 N–H and O–H groups in total. The predicted octanol–water partition coefficient (Wildman–Crippen LogP) is 1.42. The van der Waals surface area contributed by atoms with E-state index in [-0.39, 0.29) is 6.61 Å². The first kappa shape index (κ1) is 12.5. The van der Waals surface area contributed by atoms with Gasteiger partial charge in [-0.25, -0.2) is 4.79 Å². The molecule has 0 radical (unpaired) electrons. The topological polar surface area (TPSA) is 66.8 Å². The Kier molecular flexibility index (Phi) is 4.54. The Bertz CT molecular complexity index is 207. The molecule has 1 saturated carbocycles. The van der Waals surface area contributed by atoms with Crippen molar-refractivity contribution in [3.05, 3.63) is 0 Å². The molecule has 0 saturated heterocycles. The molecule has 0 heterocycles. The Morgan fingerprint density at radius 3 is 2.53 bits per heavy atom. The smallest absolute Gasteiger partial charge is 0.337 e. The highest BCUT2D eigenvalue weighted by Crippen LogP contribution is 2.23. The van der Waals surface area contributed by atoms with Gasteiger partial charge in [0.15, 0.2) is 5.60 Å². The van der Waals surface area contributed by atoms with E-state index in [2.05, 4.69) is 0 Å². The zero-order valence-electron chi connectivity index (χ0n) is 9.24. The van der Waals surface area contributed by atoms with Gasteiger partial charge in [0, 0.05) is 6.61 Å². The van der Waals surface area contributed by atoms with E-state index < -0.39 is 11.6 Å². The summed E-state index contributed by atoms with van der Waals surface area (Å²) in [5, 5.41) is 18.0. The van der Waals surface area contributed by atoms with Crippen molar-refractivity contribution in [1.29, 1.82) is 0 Å². The summed E-state index contributed by atoms with van der Waals surface area (Å²) >= 11 is 0. The highest BCUT2D eigenvalue weighted by molar-refractivity contribution is 5.76. The van der Waals surface area contributed by atoms with Gasteiger partial charge in [0.1, 0.15) is 0 Å². The number of rotatable bonds is 5. The molecule has 0 bridgehead atoms. The van der Waals surface area contributed by atoms with Crippen LogP contribution in [0.5, 0.6) is 0 Å². The summed E-state index contributed by atoms with van der Waals surface area (Å²) in [5.74, 6) is -0.686. The van der Waals surface area contributed by atoms with E-state index in [0.29, 0.717) is 12.5 Å². The third kappa shape index (κ3) is 4.18. The largest absolute Gasteiger partial charge is 0.479 e. The molecular weight excluding hydrogens is 196 g/mol. The molecule has 0 aromatic carbocycles. The van der Waals surface area contributed by atoms with E-state index >= 15 is 0 Å². The number of hydrogen-bond acceptors (Lipinski definition) is 3. The van der Waals surface area contributed by atoms with Crippen molar-refractivity contribution in [2.24, 2.45) is 5.92 Å². The minimum atomic E-state index is -1.76. The first-order chi connectivity index (χ1) is 7.02. The summed E-state index contributed by atoms with van der Waals surface area (Å²) in [6.45, 7) is 1.71. The summed E-state index contributed by atoms with van der Waals surface area (Å²) in [5.41, 5.74) is -1.76. The average Bonchev–Trinajstić information content (AvgIpc) is 2.19. The second kappa shape index (κ2) is 5.47. The van der Waals surface area contributed by atoms with E-state index in [4.69, 9.17) is 9.84 Å². The van der Waals surface area contributed by atoms with Gasteiger partial charge in [-0.15, -0.1) is 0 Å². The minimum absolute atomic E-state index is 0.126. The van der Waals surface area contributed by atoms with Crippen LogP contribution in [-0.2, 0) is 9.53 Å². The van der Waals surface area contributed by atoms with Gasteiger partial charge in [-0.1, -0.05) is 19.3 Å². The summed E-state index contributed by atoms with van der Waals surface area (Å²) in [6.07, 6.45) is 6.10. The molecular formula is C11H20O4. The highest BCUT2D eigenvalue weighted by Gasteiger charge is 2.30. The Morgan fingerprint density at radius 2 is 2.00 bits per heavy atom. The third-order valence-corrected chi connectivity index (χ3v) is 2.92. The molecule has 1 atom stereocenters. The zero-order chi connectivity index (χ0) is 11.3. The van der Waals surface area contributed by atoms with Gasteiger partial charge in [0.2, 0.25) is 0 Å². The minimum Gasteiger partial charge on any atom is -0.479 e. The maximum atomic E-state index is 10.6. The molecule has 1 aliphatic rings. The summed E-state index contributed by atoms with van der Waals surface area (Å²) < 4.78 is 5.27. The highest BCUT2D eigenvalue weighted by atomic mass is 16.5. The molecule has 1 fully saturated rings. The van der Waals surface area contributed by atoms with Crippen LogP contribution >= 0.6 is 0 Å².